The maximum atomic E-state index is 12.3. The Kier molecular flexibility index (Phi) is 6.34. The van der Waals surface area contributed by atoms with E-state index in [4.69, 9.17) is 0 Å². The van der Waals surface area contributed by atoms with Crippen LogP contribution in [-0.4, -0.2) is 31.0 Å². The van der Waals surface area contributed by atoms with E-state index >= 15 is 0 Å². The lowest BCUT2D eigenvalue weighted by atomic mass is 10.1. The van der Waals surface area contributed by atoms with Gasteiger partial charge in [0.1, 0.15) is 4.63 Å². The molecule has 1 aromatic carbocycles. The van der Waals surface area contributed by atoms with Gasteiger partial charge >= 0.3 is 6.16 Å². The first kappa shape index (κ1) is 18.4. The smallest absolute Gasteiger partial charge is 0.433 e. The van der Waals surface area contributed by atoms with Crippen molar-refractivity contribution in [2.24, 2.45) is 0 Å². The van der Waals surface area contributed by atoms with Crippen LogP contribution >= 0.6 is 0 Å². The average Bonchev–Trinajstić information content (AvgIpc) is 2.37. The van der Waals surface area contributed by atoms with Crippen molar-refractivity contribution in [3.8, 4) is 0 Å². The Balaban J connectivity index is 2.93. The fourth-order valence-corrected chi connectivity index (χ4v) is 3.34. The molecule has 22 heavy (non-hydrogen) atoms. The van der Waals surface area contributed by atoms with Crippen LogP contribution in [0.3, 0.4) is 0 Å². The molecule has 1 N–H and O–H groups in total. The van der Waals surface area contributed by atoms with Crippen LogP contribution in [0.5, 0.6) is 0 Å². The first-order valence-corrected chi connectivity index (χ1v) is 8.31. The highest BCUT2D eigenvalue weighted by Gasteiger charge is 2.31. The third-order valence-corrected chi connectivity index (χ3v) is 4.58. The molecule has 0 spiro atoms. The first-order chi connectivity index (χ1) is 10.2. The molecule has 124 valence electrons. The molecule has 0 saturated heterocycles. The topological polar surface area (TPSA) is 93.1 Å². The van der Waals surface area contributed by atoms with Gasteiger partial charge in [0, 0.05) is 0 Å². The van der Waals surface area contributed by atoms with Crippen molar-refractivity contribution < 1.29 is 28.0 Å². The zero-order valence-electron chi connectivity index (χ0n) is 13.1. The van der Waals surface area contributed by atoms with Gasteiger partial charge < -0.3 is 4.74 Å². The van der Waals surface area contributed by atoms with Crippen LogP contribution < -0.4 is 0 Å². The summed E-state index contributed by atoms with van der Waals surface area (Å²) in [6.07, 6.45) is 0.140. The third-order valence-electron chi connectivity index (χ3n) is 2.94. The maximum Gasteiger partial charge on any atom is 0.530 e. The van der Waals surface area contributed by atoms with Crippen molar-refractivity contribution in [1.82, 2.24) is 4.63 Å². The van der Waals surface area contributed by atoms with E-state index in [1.165, 1.54) is 0 Å². The molecule has 0 heterocycles. The predicted molar refractivity (Wildman–Crippen MR) is 78.8 cm³/mol. The molecule has 0 saturated carbocycles. The normalized spacial score (nSPS) is 11.5. The van der Waals surface area contributed by atoms with Crippen molar-refractivity contribution in [3.63, 3.8) is 0 Å². The molecule has 0 atom stereocenters. The summed E-state index contributed by atoms with van der Waals surface area (Å²) in [5, 5.41) is 9.60. The Labute approximate surface area is 130 Å². The van der Waals surface area contributed by atoms with Gasteiger partial charge in [-0.25, -0.2) is 13.2 Å². The van der Waals surface area contributed by atoms with Gasteiger partial charge in [-0.15, -0.1) is 0 Å². The highest BCUT2D eigenvalue weighted by molar-refractivity contribution is 7.89. The summed E-state index contributed by atoms with van der Waals surface area (Å²) < 4.78 is 28.8. The molecule has 0 aliphatic heterocycles. The molecule has 0 fully saturated rings. The summed E-state index contributed by atoms with van der Waals surface area (Å²) >= 11 is 0. The second kappa shape index (κ2) is 7.57. The molecule has 1 aromatic rings. The van der Waals surface area contributed by atoms with E-state index in [0.29, 0.717) is 17.5 Å². The minimum absolute atomic E-state index is 0.0891. The van der Waals surface area contributed by atoms with Crippen molar-refractivity contribution in [2.75, 3.05) is 6.61 Å². The molecule has 0 radical (unpaired) electrons. The monoisotopic (exact) mass is 331 g/mol. The van der Waals surface area contributed by atoms with E-state index in [1.54, 1.807) is 26.0 Å². The number of carbonyl (C=O) groups is 1. The molecular formula is C14H21NO6S. The van der Waals surface area contributed by atoms with Crippen LogP contribution in [-0.2, 0) is 19.6 Å². The summed E-state index contributed by atoms with van der Waals surface area (Å²) in [6.45, 7) is 7.02. The molecule has 0 aromatic heterocycles. The summed E-state index contributed by atoms with van der Waals surface area (Å²) in [5.41, 5.74) is 1.78. The molecular weight excluding hydrogens is 310 g/mol. The fraction of sp³-hybridized carbons (Fsp3) is 0.500. The largest absolute Gasteiger partial charge is 0.530 e. The van der Waals surface area contributed by atoms with Gasteiger partial charge in [0.25, 0.3) is 10.0 Å². The molecule has 0 aliphatic carbocycles. The lowest BCUT2D eigenvalue weighted by molar-refractivity contribution is -0.237. The summed E-state index contributed by atoms with van der Waals surface area (Å²) in [4.78, 5) is 15.5. The van der Waals surface area contributed by atoms with Gasteiger partial charge in [-0.05, 0) is 38.3 Å². The summed E-state index contributed by atoms with van der Waals surface area (Å²) in [6, 6.07) is 3.32. The standard InChI is InChI=1S/C14H21NO6S/c1-5-6-7-20-14(16)21-15(17)22(18,19)13-11(3)8-10(2)9-12(13)4/h8-9,17H,5-7H2,1-4H3. The predicted octanol–water partition coefficient (Wildman–Crippen LogP) is 2.86. The number of unbranched alkanes of at least 4 members (excludes halogenated alkanes) is 1. The Morgan fingerprint density at radius 3 is 2.27 bits per heavy atom. The molecule has 8 heteroatoms. The number of ether oxygens (including phenoxy) is 1. The van der Waals surface area contributed by atoms with E-state index in [0.717, 1.165) is 12.0 Å². The Morgan fingerprint density at radius 1 is 1.23 bits per heavy atom. The van der Waals surface area contributed by atoms with Gasteiger partial charge in [0.05, 0.1) is 11.5 Å². The zero-order chi connectivity index (χ0) is 16.9. The molecule has 0 bridgehead atoms. The van der Waals surface area contributed by atoms with Crippen molar-refractivity contribution in [1.29, 1.82) is 0 Å². The third kappa shape index (κ3) is 4.43. The highest BCUT2D eigenvalue weighted by atomic mass is 32.2. The molecule has 0 amide bonds. The number of hydrogen-bond acceptors (Lipinski definition) is 6. The SMILES string of the molecule is CCCCOC(=O)ON(O)S(=O)(=O)c1c(C)cc(C)cc1C. The van der Waals surface area contributed by atoms with Gasteiger partial charge in [0.2, 0.25) is 0 Å². The zero-order valence-corrected chi connectivity index (χ0v) is 13.9. The molecule has 7 nitrogen and oxygen atoms in total. The number of benzene rings is 1. The Bertz CT molecular complexity index is 618. The van der Waals surface area contributed by atoms with Crippen molar-refractivity contribution in [2.45, 2.75) is 45.4 Å². The first-order valence-electron chi connectivity index (χ1n) is 6.87. The second-order valence-electron chi connectivity index (χ2n) is 4.98. The van der Waals surface area contributed by atoms with Gasteiger partial charge in [0.15, 0.2) is 0 Å². The summed E-state index contributed by atoms with van der Waals surface area (Å²) in [7, 11) is -4.38. The van der Waals surface area contributed by atoms with Crippen LogP contribution in [0, 0.1) is 20.8 Å². The maximum absolute atomic E-state index is 12.3. The van der Waals surface area contributed by atoms with E-state index < -0.39 is 20.8 Å². The molecule has 0 aliphatic rings. The van der Waals surface area contributed by atoms with Crippen LogP contribution in [0.1, 0.15) is 36.5 Å². The van der Waals surface area contributed by atoms with Crippen LogP contribution in [0.25, 0.3) is 0 Å². The number of sulfonamides is 1. The number of carbonyl (C=O) groups excluding carboxylic acids is 1. The van der Waals surface area contributed by atoms with Crippen molar-refractivity contribution >= 4 is 16.2 Å². The number of nitrogens with zero attached hydrogens (tertiary/aromatic N) is 1. The second-order valence-corrected chi connectivity index (χ2v) is 6.65. The Hall–Kier alpha value is -1.64. The number of hydrogen-bond donors (Lipinski definition) is 1. The van der Waals surface area contributed by atoms with Crippen LogP contribution in [0.4, 0.5) is 4.79 Å². The minimum Gasteiger partial charge on any atom is -0.433 e. The molecule has 1 rings (SSSR count). The highest BCUT2D eigenvalue weighted by Crippen LogP contribution is 2.24. The Morgan fingerprint density at radius 2 is 1.77 bits per heavy atom. The molecule has 0 unspecified atom stereocenters. The van der Waals surface area contributed by atoms with E-state index in [2.05, 4.69) is 9.57 Å². The van der Waals surface area contributed by atoms with Crippen molar-refractivity contribution in [3.05, 3.63) is 28.8 Å². The van der Waals surface area contributed by atoms with E-state index in [9.17, 15) is 18.4 Å². The van der Waals surface area contributed by atoms with Crippen LogP contribution in [0.15, 0.2) is 17.0 Å². The lowest BCUT2D eigenvalue weighted by Crippen LogP contribution is -2.32. The van der Waals surface area contributed by atoms with E-state index in [1.807, 2.05) is 13.8 Å². The number of rotatable bonds is 6. The fourth-order valence-electron chi connectivity index (χ4n) is 2.09. The van der Waals surface area contributed by atoms with Gasteiger partial charge in [-0.2, -0.15) is 0 Å². The quantitative estimate of drug-likeness (QED) is 0.489. The lowest BCUT2D eigenvalue weighted by Gasteiger charge is -2.17. The minimum atomic E-state index is -4.38. The summed E-state index contributed by atoms with van der Waals surface area (Å²) in [5.74, 6) is 0. The van der Waals surface area contributed by atoms with E-state index in [-0.39, 0.29) is 11.5 Å². The number of aryl methyl sites for hydroxylation is 3. The van der Waals surface area contributed by atoms with Crippen LogP contribution in [0.2, 0.25) is 0 Å². The van der Waals surface area contributed by atoms with Gasteiger partial charge in [-0.3, -0.25) is 10.0 Å². The average molecular weight is 331 g/mol. The van der Waals surface area contributed by atoms with Gasteiger partial charge in [-0.1, -0.05) is 31.0 Å².